The molecule has 2 nitrogen and oxygen atoms in total. The van der Waals surface area contributed by atoms with Crippen molar-refractivity contribution in [3.8, 4) is 33.4 Å². The summed E-state index contributed by atoms with van der Waals surface area (Å²) in [6.07, 6.45) is 0. The summed E-state index contributed by atoms with van der Waals surface area (Å²) >= 11 is 0. The fraction of sp³-hybridized carbons (Fsp3) is 0.106. The van der Waals surface area contributed by atoms with Crippen molar-refractivity contribution in [2.75, 3.05) is 4.90 Å². The van der Waals surface area contributed by atoms with Gasteiger partial charge in [0.15, 0.2) is 0 Å². The van der Waals surface area contributed by atoms with Gasteiger partial charge in [-0.2, -0.15) is 0 Å². The summed E-state index contributed by atoms with van der Waals surface area (Å²) in [6.45, 7) is 8.67. The van der Waals surface area contributed by atoms with Gasteiger partial charge in [0.05, 0.1) is 0 Å². The Hall–Kier alpha value is -5.86. The molecule has 0 unspecified atom stereocenters. The molecule has 0 N–H and O–H groups in total. The summed E-state index contributed by atoms with van der Waals surface area (Å²) in [5.41, 5.74) is 15.0. The van der Waals surface area contributed by atoms with E-state index in [1.54, 1.807) is 0 Å². The Labute approximate surface area is 288 Å². The van der Waals surface area contributed by atoms with E-state index in [0.29, 0.717) is 0 Å². The first-order valence-corrected chi connectivity index (χ1v) is 17.3. The van der Waals surface area contributed by atoms with Gasteiger partial charge < -0.3 is 9.32 Å². The topological polar surface area (TPSA) is 16.4 Å². The fourth-order valence-electron chi connectivity index (χ4n) is 7.44. The molecule has 0 atom stereocenters. The van der Waals surface area contributed by atoms with Crippen molar-refractivity contribution in [1.82, 2.24) is 0 Å². The Morgan fingerprint density at radius 2 is 0.959 bits per heavy atom. The van der Waals surface area contributed by atoms with Crippen LogP contribution in [0.4, 0.5) is 17.1 Å². The molecular weight excluding hydrogens is 595 g/mol. The minimum Gasteiger partial charge on any atom is -0.455 e. The maximum Gasteiger partial charge on any atom is 0.143 e. The molecule has 7 aromatic carbocycles. The van der Waals surface area contributed by atoms with E-state index in [0.717, 1.165) is 33.6 Å². The third kappa shape index (κ3) is 5.12. The average molecular weight is 634 g/mol. The Balaban J connectivity index is 0.00000171. The zero-order valence-corrected chi connectivity index (χ0v) is 28.4. The lowest BCUT2D eigenvalue weighted by molar-refractivity contribution is 0.653. The van der Waals surface area contributed by atoms with Crippen molar-refractivity contribution in [2.24, 2.45) is 0 Å². The van der Waals surface area contributed by atoms with Crippen LogP contribution in [0.2, 0.25) is 0 Å². The molecule has 0 amide bonds. The van der Waals surface area contributed by atoms with Crippen LogP contribution in [0, 0.1) is 0 Å². The molecule has 0 spiro atoms. The van der Waals surface area contributed by atoms with Crippen LogP contribution in [0.25, 0.3) is 55.3 Å². The van der Waals surface area contributed by atoms with Gasteiger partial charge in [-0.3, -0.25) is 0 Å². The molecule has 0 bridgehead atoms. The van der Waals surface area contributed by atoms with E-state index in [4.69, 9.17) is 4.42 Å². The van der Waals surface area contributed by atoms with Crippen LogP contribution in [0.5, 0.6) is 0 Å². The largest absolute Gasteiger partial charge is 0.455 e. The van der Waals surface area contributed by atoms with E-state index in [9.17, 15) is 0 Å². The second-order valence-electron chi connectivity index (χ2n) is 13.0. The minimum absolute atomic E-state index is 0.187. The molecule has 8 aromatic rings. The van der Waals surface area contributed by atoms with Gasteiger partial charge in [-0.05, 0) is 81.4 Å². The summed E-state index contributed by atoms with van der Waals surface area (Å²) in [7, 11) is 0. The Morgan fingerprint density at radius 3 is 1.55 bits per heavy atom. The Kier molecular flexibility index (Phi) is 7.65. The molecule has 9 rings (SSSR count). The number of fused-ring (bicyclic) bond motifs is 7. The van der Waals surface area contributed by atoms with Crippen molar-refractivity contribution >= 4 is 39.0 Å². The van der Waals surface area contributed by atoms with Gasteiger partial charge >= 0.3 is 0 Å². The smallest absolute Gasteiger partial charge is 0.143 e. The van der Waals surface area contributed by atoms with Crippen LogP contribution >= 0.6 is 0 Å². The van der Waals surface area contributed by atoms with Crippen molar-refractivity contribution in [3.63, 3.8) is 0 Å². The van der Waals surface area contributed by atoms with Crippen LogP contribution in [0.1, 0.15) is 38.8 Å². The number of nitrogens with zero attached hydrogens (tertiary/aromatic N) is 1. The second kappa shape index (κ2) is 12.3. The molecule has 0 aliphatic heterocycles. The van der Waals surface area contributed by atoms with Gasteiger partial charge in [0.25, 0.3) is 0 Å². The number of rotatable bonds is 5. The molecule has 0 fully saturated rings. The van der Waals surface area contributed by atoms with Crippen LogP contribution in [0.3, 0.4) is 0 Å². The van der Waals surface area contributed by atoms with Crippen molar-refractivity contribution < 1.29 is 4.42 Å². The van der Waals surface area contributed by atoms with Gasteiger partial charge in [-0.25, -0.2) is 0 Å². The SMILES string of the molecule is CC.CC1(C)c2cc(N(c3ccc(-c4ccccc4)cc3)c3ccc(-c4ccccc4)cc3)ccc2-c2c1ccc1c2oc2ccccc21. The molecule has 2 heteroatoms. The number of para-hydroxylation sites is 1. The van der Waals surface area contributed by atoms with E-state index in [1.807, 2.05) is 19.9 Å². The Bertz CT molecular complexity index is 2320. The van der Waals surface area contributed by atoms with E-state index in [2.05, 4.69) is 176 Å². The van der Waals surface area contributed by atoms with Crippen molar-refractivity contribution in [1.29, 1.82) is 0 Å². The molecule has 1 heterocycles. The standard InChI is InChI=1S/C45H33NO.C2H6/c1-45(2)40-28-27-38-37-15-9-10-16-42(37)47-44(38)43(40)39-26-25-36(29-41(39)45)46(34-21-17-32(18-22-34)30-11-5-3-6-12-30)35-23-19-33(20-24-35)31-13-7-4-8-14-31;1-2/h3-29H,1-2H3;1-2H3. The lowest BCUT2D eigenvalue weighted by atomic mass is 9.82. The Morgan fingerprint density at radius 1 is 0.449 bits per heavy atom. The van der Waals surface area contributed by atoms with E-state index in [-0.39, 0.29) is 5.41 Å². The van der Waals surface area contributed by atoms with Crippen molar-refractivity contribution in [3.05, 3.63) is 175 Å². The highest BCUT2D eigenvalue weighted by atomic mass is 16.3. The van der Waals surface area contributed by atoms with Crippen molar-refractivity contribution in [2.45, 2.75) is 33.1 Å². The molecule has 1 aliphatic carbocycles. The highest BCUT2D eigenvalue weighted by Gasteiger charge is 2.38. The summed E-state index contributed by atoms with van der Waals surface area (Å²) < 4.78 is 6.55. The first-order chi connectivity index (χ1) is 24.1. The molecule has 0 saturated carbocycles. The molecule has 238 valence electrons. The first-order valence-electron chi connectivity index (χ1n) is 17.3. The lowest BCUT2D eigenvalue weighted by Gasteiger charge is -2.28. The van der Waals surface area contributed by atoms with Gasteiger partial charge in [0.2, 0.25) is 0 Å². The molecule has 1 aliphatic rings. The molecule has 0 saturated heterocycles. The summed E-state index contributed by atoms with van der Waals surface area (Å²) in [5.74, 6) is 0. The average Bonchev–Trinajstić information content (AvgIpc) is 3.66. The number of furan rings is 1. The number of hydrogen-bond acceptors (Lipinski definition) is 2. The number of anilines is 3. The van der Waals surface area contributed by atoms with Crippen LogP contribution in [-0.2, 0) is 5.41 Å². The highest BCUT2D eigenvalue weighted by Crippen LogP contribution is 2.54. The zero-order chi connectivity index (χ0) is 33.5. The van der Waals surface area contributed by atoms with Crippen LogP contribution < -0.4 is 4.90 Å². The third-order valence-electron chi connectivity index (χ3n) is 9.89. The van der Waals surface area contributed by atoms with Crippen LogP contribution in [-0.4, -0.2) is 0 Å². The molecule has 1 aromatic heterocycles. The summed E-state index contributed by atoms with van der Waals surface area (Å²) in [4.78, 5) is 2.37. The molecule has 0 radical (unpaired) electrons. The van der Waals surface area contributed by atoms with Gasteiger partial charge in [-0.1, -0.05) is 149 Å². The summed E-state index contributed by atoms with van der Waals surface area (Å²) in [5, 5.41) is 2.34. The molecular formula is C47H39NO. The van der Waals surface area contributed by atoms with E-state index < -0.39 is 0 Å². The maximum atomic E-state index is 6.55. The predicted octanol–water partition coefficient (Wildman–Crippen LogP) is 13.7. The minimum atomic E-state index is -0.187. The zero-order valence-electron chi connectivity index (χ0n) is 28.4. The predicted molar refractivity (Wildman–Crippen MR) is 208 cm³/mol. The summed E-state index contributed by atoms with van der Waals surface area (Å²) in [6, 6.07) is 58.8. The number of hydrogen-bond donors (Lipinski definition) is 0. The monoisotopic (exact) mass is 633 g/mol. The highest BCUT2D eigenvalue weighted by molar-refractivity contribution is 6.11. The molecule has 49 heavy (non-hydrogen) atoms. The fourth-order valence-corrected chi connectivity index (χ4v) is 7.44. The van der Waals surface area contributed by atoms with Gasteiger partial charge in [-0.15, -0.1) is 0 Å². The number of benzene rings is 7. The van der Waals surface area contributed by atoms with E-state index >= 15 is 0 Å². The van der Waals surface area contributed by atoms with Gasteiger partial charge in [0, 0.05) is 38.8 Å². The van der Waals surface area contributed by atoms with Gasteiger partial charge in [0.1, 0.15) is 11.2 Å². The van der Waals surface area contributed by atoms with E-state index in [1.165, 1.54) is 49.9 Å². The first kappa shape index (κ1) is 30.5. The maximum absolute atomic E-state index is 6.55. The van der Waals surface area contributed by atoms with Crippen LogP contribution in [0.15, 0.2) is 168 Å². The quantitative estimate of drug-likeness (QED) is 0.187. The lowest BCUT2D eigenvalue weighted by Crippen LogP contribution is -2.16. The second-order valence-corrected chi connectivity index (χ2v) is 13.0. The third-order valence-corrected chi connectivity index (χ3v) is 9.89. The normalized spacial score (nSPS) is 12.7.